The summed E-state index contributed by atoms with van der Waals surface area (Å²) >= 11 is 0. The Kier molecular flexibility index (Phi) is 3.05. The van der Waals surface area contributed by atoms with Crippen LogP contribution in [-0.2, 0) is 6.54 Å². The molecule has 1 aliphatic rings. The highest BCUT2D eigenvalue weighted by Crippen LogP contribution is 2.15. The van der Waals surface area contributed by atoms with Crippen molar-refractivity contribution in [1.29, 1.82) is 0 Å². The molecule has 0 unspecified atom stereocenters. The fourth-order valence-corrected chi connectivity index (χ4v) is 2.34. The van der Waals surface area contributed by atoms with E-state index in [4.69, 9.17) is 5.84 Å². The first kappa shape index (κ1) is 11.9. The van der Waals surface area contributed by atoms with Crippen molar-refractivity contribution in [3.05, 3.63) is 42.1 Å². The quantitative estimate of drug-likeness (QED) is 0.657. The lowest BCUT2D eigenvalue weighted by Gasteiger charge is -2.32. The topological polar surface area (TPSA) is 62.5 Å². The van der Waals surface area contributed by atoms with E-state index < -0.39 is 0 Å². The molecule has 0 aliphatic carbocycles. The fourth-order valence-electron chi connectivity index (χ4n) is 2.34. The van der Waals surface area contributed by atoms with E-state index in [0.29, 0.717) is 13.1 Å². The van der Waals surface area contributed by atoms with Crippen molar-refractivity contribution in [2.75, 3.05) is 13.1 Å². The van der Waals surface area contributed by atoms with Crippen LogP contribution in [0.3, 0.4) is 0 Å². The van der Waals surface area contributed by atoms with Gasteiger partial charge in [-0.1, -0.05) is 24.3 Å². The number of benzene rings is 1. The van der Waals surface area contributed by atoms with Gasteiger partial charge in [-0.2, -0.15) is 0 Å². The van der Waals surface area contributed by atoms with Gasteiger partial charge in [-0.25, -0.2) is 10.6 Å². The average Bonchev–Trinajstić information content (AvgIpc) is 2.44. The first-order chi connectivity index (χ1) is 9.24. The van der Waals surface area contributed by atoms with Gasteiger partial charge in [0.1, 0.15) is 0 Å². The second kappa shape index (κ2) is 4.85. The molecule has 1 saturated heterocycles. The van der Waals surface area contributed by atoms with Gasteiger partial charge < -0.3 is 4.90 Å². The predicted molar refractivity (Wildman–Crippen MR) is 73.1 cm³/mol. The number of rotatable bonds is 2. The van der Waals surface area contributed by atoms with Crippen LogP contribution in [-0.4, -0.2) is 34.0 Å². The SMILES string of the molecule is NN1CCCN(Cc2ccc3ccccc3n2)C1=O. The highest BCUT2D eigenvalue weighted by Gasteiger charge is 2.23. The number of fused-ring (bicyclic) bond motifs is 1. The van der Waals surface area contributed by atoms with Crippen LogP contribution in [0.15, 0.2) is 36.4 Å². The molecule has 1 fully saturated rings. The van der Waals surface area contributed by atoms with Crippen LogP contribution >= 0.6 is 0 Å². The van der Waals surface area contributed by atoms with Gasteiger partial charge in [0.25, 0.3) is 0 Å². The monoisotopic (exact) mass is 256 g/mol. The molecule has 5 nitrogen and oxygen atoms in total. The van der Waals surface area contributed by atoms with E-state index in [0.717, 1.165) is 29.6 Å². The standard InChI is InChI=1S/C14H16N4O/c15-18-9-3-8-17(14(18)19)10-12-7-6-11-4-1-2-5-13(11)16-12/h1-2,4-7H,3,8-10,15H2. The molecular weight excluding hydrogens is 240 g/mol. The van der Waals surface area contributed by atoms with Gasteiger partial charge in [0, 0.05) is 18.5 Å². The Morgan fingerprint density at radius 3 is 2.89 bits per heavy atom. The summed E-state index contributed by atoms with van der Waals surface area (Å²) in [6.07, 6.45) is 0.899. The molecule has 98 valence electrons. The van der Waals surface area contributed by atoms with Crippen molar-refractivity contribution < 1.29 is 4.79 Å². The minimum absolute atomic E-state index is 0.124. The molecule has 5 heteroatoms. The Balaban J connectivity index is 1.83. The third-order valence-electron chi connectivity index (χ3n) is 3.35. The van der Waals surface area contributed by atoms with E-state index in [1.807, 2.05) is 36.4 Å². The largest absolute Gasteiger partial charge is 0.334 e. The highest BCUT2D eigenvalue weighted by atomic mass is 16.2. The van der Waals surface area contributed by atoms with Gasteiger partial charge in [0.2, 0.25) is 0 Å². The van der Waals surface area contributed by atoms with Crippen molar-refractivity contribution in [2.24, 2.45) is 5.84 Å². The Morgan fingerprint density at radius 1 is 1.16 bits per heavy atom. The third kappa shape index (κ3) is 2.37. The first-order valence-electron chi connectivity index (χ1n) is 6.40. The van der Waals surface area contributed by atoms with Crippen LogP contribution < -0.4 is 5.84 Å². The summed E-state index contributed by atoms with van der Waals surface area (Å²) in [4.78, 5) is 18.2. The average molecular weight is 256 g/mol. The Labute approximate surface area is 111 Å². The van der Waals surface area contributed by atoms with Gasteiger partial charge in [-0.3, -0.25) is 9.99 Å². The minimum Gasteiger partial charge on any atom is -0.318 e. The van der Waals surface area contributed by atoms with E-state index in [2.05, 4.69) is 4.98 Å². The summed E-state index contributed by atoms with van der Waals surface area (Å²) in [6.45, 7) is 1.87. The molecule has 0 saturated carbocycles. The number of pyridine rings is 1. The molecule has 0 atom stereocenters. The van der Waals surface area contributed by atoms with E-state index in [-0.39, 0.29) is 6.03 Å². The number of carbonyl (C=O) groups is 1. The summed E-state index contributed by atoms with van der Waals surface area (Å²) in [5.74, 6) is 5.63. The van der Waals surface area contributed by atoms with Crippen LogP contribution in [0.1, 0.15) is 12.1 Å². The molecule has 3 rings (SSSR count). The lowest BCUT2D eigenvalue weighted by atomic mass is 10.2. The number of hydrogen-bond donors (Lipinski definition) is 1. The highest BCUT2D eigenvalue weighted by molar-refractivity contribution is 5.78. The van der Waals surface area contributed by atoms with Crippen LogP contribution in [0.2, 0.25) is 0 Å². The van der Waals surface area contributed by atoms with Crippen LogP contribution in [0.5, 0.6) is 0 Å². The molecule has 1 aromatic carbocycles. The molecule has 0 spiro atoms. The Hall–Kier alpha value is -2.14. The van der Waals surface area contributed by atoms with Crippen molar-refractivity contribution in [3.8, 4) is 0 Å². The molecule has 2 N–H and O–H groups in total. The Morgan fingerprint density at radius 2 is 2.00 bits per heavy atom. The van der Waals surface area contributed by atoms with Gasteiger partial charge in [0.15, 0.2) is 0 Å². The number of carbonyl (C=O) groups excluding carboxylic acids is 1. The second-order valence-electron chi connectivity index (χ2n) is 4.75. The summed E-state index contributed by atoms with van der Waals surface area (Å²) < 4.78 is 0. The van der Waals surface area contributed by atoms with Crippen molar-refractivity contribution in [3.63, 3.8) is 0 Å². The zero-order valence-corrected chi connectivity index (χ0v) is 10.6. The van der Waals surface area contributed by atoms with Crippen LogP contribution in [0, 0.1) is 0 Å². The van der Waals surface area contributed by atoms with E-state index >= 15 is 0 Å². The fraction of sp³-hybridized carbons (Fsp3) is 0.286. The smallest absolute Gasteiger partial charge is 0.318 e. The van der Waals surface area contributed by atoms with Crippen LogP contribution in [0.25, 0.3) is 10.9 Å². The molecule has 2 aromatic rings. The zero-order valence-electron chi connectivity index (χ0n) is 10.6. The molecule has 2 amide bonds. The Bertz CT molecular complexity index is 613. The number of amides is 2. The predicted octanol–water partition coefficient (Wildman–Crippen LogP) is 1.74. The molecule has 1 aliphatic heterocycles. The van der Waals surface area contributed by atoms with Gasteiger partial charge in [-0.05, 0) is 18.6 Å². The number of hydrazine groups is 1. The maximum atomic E-state index is 11.9. The maximum absolute atomic E-state index is 11.9. The molecule has 0 radical (unpaired) electrons. The molecule has 0 bridgehead atoms. The number of urea groups is 1. The lowest BCUT2D eigenvalue weighted by Crippen LogP contribution is -2.52. The van der Waals surface area contributed by atoms with Crippen molar-refractivity contribution in [1.82, 2.24) is 14.9 Å². The maximum Gasteiger partial charge on any atom is 0.334 e. The minimum atomic E-state index is -0.124. The van der Waals surface area contributed by atoms with Gasteiger partial charge >= 0.3 is 6.03 Å². The van der Waals surface area contributed by atoms with Crippen LogP contribution in [0.4, 0.5) is 4.79 Å². The summed E-state index contributed by atoms with van der Waals surface area (Å²) in [7, 11) is 0. The van der Waals surface area contributed by atoms with Gasteiger partial charge in [0.05, 0.1) is 17.8 Å². The number of aromatic nitrogens is 1. The number of nitrogens with zero attached hydrogens (tertiary/aromatic N) is 3. The first-order valence-corrected chi connectivity index (χ1v) is 6.40. The van der Waals surface area contributed by atoms with E-state index in [1.54, 1.807) is 4.90 Å². The normalized spacial score (nSPS) is 16.2. The molecule has 19 heavy (non-hydrogen) atoms. The van der Waals surface area contributed by atoms with Gasteiger partial charge in [-0.15, -0.1) is 0 Å². The second-order valence-corrected chi connectivity index (χ2v) is 4.75. The number of para-hydroxylation sites is 1. The molecular formula is C14H16N4O. The lowest BCUT2D eigenvalue weighted by molar-refractivity contribution is 0.126. The van der Waals surface area contributed by atoms with Crippen molar-refractivity contribution in [2.45, 2.75) is 13.0 Å². The van der Waals surface area contributed by atoms with Crippen molar-refractivity contribution >= 4 is 16.9 Å². The summed E-state index contributed by atoms with van der Waals surface area (Å²) in [5, 5.41) is 2.38. The van der Waals surface area contributed by atoms with E-state index in [9.17, 15) is 4.79 Å². The zero-order chi connectivity index (χ0) is 13.2. The molecule has 1 aromatic heterocycles. The number of hydrogen-bond acceptors (Lipinski definition) is 3. The summed E-state index contributed by atoms with van der Waals surface area (Å²) in [5.41, 5.74) is 1.84. The molecule has 2 heterocycles. The third-order valence-corrected chi connectivity index (χ3v) is 3.35. The number of nitrogens with two attached hydrogens (primary N) is 1. The van der Waals surface area contributed by atoms with E-state index in [1.165, 1.54) is 5.01 Å². The summed E-state index contributed by atoms with van der Waals surface area (Å²) in [6, 6.07) is 11.8.